The Kier molecular flexibility index (Phi) is 5.36. The monoisotopic (exact) mass is 242 g/mol. The van der Waals surface area contributed by atoms with Crippen molar-refractivity contribution in [2.45, 2.75) is 38.4 Å². The van der Waals surface area contributed by atoms with Crippen LogP contribution in [0.4, 0.5) is 0 Å². The minimum absolute atomic E-state index is 0.240. The number of hydrogen-bond donors (Lipinski definition) is 2. The van der Waals surface area contributed by atoms with E-state index in [1.165, 1.54) is 6.42 Å². The van der Waals surface area contributed by atoms with E-state index in [0.717, 1.165) is 19.6 Å². The van der Waals surface area contributed by atoms with Crippen LogP contribution < -0.4 is 11.1 Å². The van der Waals surface area contributed by atoms with Crippen molar-refractivity contribution in [2.24, 2.45) is 5.73 Å². The van der Waals surface area contributed by atoms with Gasteiger partial charge in [-0.2, -0.15) is 0 Å². The molecule has 5 heteroatoms. The van der Waals surface area contributed by atoms with Crippen LogP contribution in [-0.4, -0.2) is 67.6 Å². The normalized spacial score (nSPS) is 23.5. The first-order chi connectivity index (χ1) is 7.90. The number of amides is 1. The van der Waals surface area contributed by atoms with Gasteiger partial charge in [-0.15, -0.1) is 0 Å². The summed E-state index contributed by atoms with van der Waals surface area (Å²) in [5.74, 6) is -0.257. The molecule has 100 valence electrons. The smallest absolute Gasteiger partial charge is 0.235 e. The SMILES string of the molecule is CC(C)NC(CN1CCC(N(C)C)C1)C(N)=O. The molecule has 17 heavy (non-hydrogen) atoms. The maximum absolute atomic E-state index is 11.4. The van der Waals surface area contributed by atoms with Crippen LogP contribution in [0.25, 0.3) is 0 Å². The molecule has 1 saturated heterocycles. The lowest BCUT2D eigenvalue weighted by molar-refractivity contribution is -0.120. The van der Waals surface area contributed by atoms with Gasteiger partial charge in [0.25, 0.3) is 0 Å². The molecule has 1 fully saturated rings. The van der Waals surface area contributed by atoms with E-state index >= 15 is 0 Å². The fourth-order valence-electron chi connectivity index (χ4n) is 2.28. The Balaban J connectivity index is 2.43. The molecule has 1 rings (SSSR count). The largest absolute Gasteiger partial charge is 0.368 e. The molecule has 1 aliphatic heterocycles. The zero-order valence-electron chi connectivity index (χ0n) is 11.4. The number of nitrogens with zero attached hydrogens (tertiary/aromatic N) is 2. The second-order valence-corrected chi connectivity index (χ2v) is 5.44. The zero-order valence-corrected chi connectivity index (χ0v) is 11.4. The highest BCUT2D eigenvalue weighted by Gasteiger charge is 2.27. The van der Waals surface area contributed by atoms with Crippen LogP contribution in [0.5, 0.6) is 0 Å². The molecule has 0 aromatic heterocycles. The topological polar surface area (TPSA) is 61.6 Å². The molecule has 5 nitrogen and oxygen atoms in total. The maximum Gasteiger partial charge on any atom is 0.235 e. The Hall–Kier alpha value is -0.650. The number of likely N-dealkylation sites (tertiary alicyclic amines) is 1. The highest BCUT2D eigenvalue weighted by molar-refractivity contribution is 5.80. The first-order valence-electron chi connectivity index (χ1n) is 6.34. The second kappa shape index (κ2) is 6.33. The molecule has 0 saturated carbocycles. The van der Waals surface area contributed by atoms with E-state index in [2.05, 4.69) is 29.2 Å². The number of nitrogens with two attached hydrogens (primary N) is 1. The molecule has 2 atom stereocenters. The average Bonchev–Trinajstić information content (AvgIpc) is 2.64. The van der Waals surface area contributed by atoms with Gasteiger partial charge >= 0.3 is 0 Å². The van der Waals surface area contributed by atoms with E-state index in [1.807, 2.05) is 13.8 Å². The van der Waals surface area contributed by atoms with Gasteiger partial charge in [-0.3, -0.25) is 9.69 Å². The number of likely N-dealkylation sites (N-methyl/N-ethyl adjacent to an activating group) is 1. The molecule has 0 aromatic carbocycles. The number of carbonyl (C=O) groups is 1. The molecular weight excluding hydrogens is 216 g/mol. The Morgan fingerprint density at radius 1 is 1.53 bits per heavy atom. The van der Waals surface area contributed by atoms with Crippen molar-refractivity contribution in [3.63, 3.8) is 0 Å². The summed E-state index contributed by atoms with van der Waals surface area (Å²) in [4.78, 5) is 15.9. The van der Waals surface area contributed by atoms with E-state index in [1.54, 1.807) is 0 Å². The van der Waals surface area contributed by atoms with Crippen LogP contribution in [-0.2, 0) is 4.79 Å². The van der Waals surface area contributed by atoms with Crippen molar-refractivity contribution in [3.8, 4) is 0 Å². The third kappa shape index (κ3) is 4.61. The quantitative estimate of drug-likeness (QED) is 0.657. The molecule has 0 spiro atoms. The van der Waals surface area contributed by atoms with E-state index in [0.29, 0.717) is 6.04 Å². The summed E-state index contributed by atoms with van der Waals surface area (Å²) in [6.45, 7) is 6.85. The fraction of sp³-hybridized carbons (Fsp3) is 0.917. The van der Waals surface area contributed by atoms with E-state index in [4.69, 9.17) is 5.73 Å². The molecule has 0 aliphatic carbocycles. The lowest BCUT2D eigenvalue weighted by atomic mass is 10.2. The van der Waals surface area contributed by atoms with Gasteiger partial charge in [0.2, 0.25) is 5.91 Å². The Morgan fingerprint density at radius 2 is 2.18 bits per heavy atom. The molecule has 1 heterocycles. The average molecular weight is 242 g/mol. The molecule has 2 unspecified atom stereocenters. The fourth-order valence-corrected chi connectivity index (χ4v) is 2.28. The molecule has 0 aromatic rings. The standard InChI is InChI=1S/C12H26N4O/c1-9(2)14-11(12(13)17)8-16-6-5-10(7-16)15(3)4/h9-11,14H,5-8H2,1-4H3,(H2,13,17). The van der Waals surface area contributed by atoms with E-state index < -0.39 is 0 Å². The van der Waals surface area contributed by atoms with Crippen molar-refractivity contribution >= 4 is 5.91 Å². The van der Waals surface area contributed by atoms with Gasteiger partial charge in [-0.25, -0.2) is 0 Å². The number of rotatable bonds is 6. The van der Waals surface area contributed by atoms with Crippen LogP contribution in [0.1, 0.15) is 20.3 Å². The highest BCUT2D eigenvalue weighted by Crippen LogP contribution is 2.13. The second-order valence-electron chi connectivity index (χ2n) is 5.44. The third-order valence-corrected chi connectivity index (χ3v) is 3.30. The van der Waals surface area contributed by atoms with Crippen molar-refractivity contribution < 1.29 is 4.79 Å². The lowest BCUT2D eigenvalue weighted by Gasteiger charge is -2.25. The van der Waals surface area contributed by atoms with Gasteiger partial charge in [0.15, 0.2) is 0 Å². The molecule has 1 aliphatic rings. The van der Waals surface area contributed by atoms with Crippen LogP contribution in [0.15, 0.2) is 0 Å². The summed E-state index contributed by atoms with van der Waals surface area (Å²) in [6.07, 6.45) is 1.17. The van der Waals surface area contributed by atoms with Crippen LogP contribution >= 0.6 is 0 Å². The predicted molar refractivity (Wildman–Crippen MR) is 69.8 cm³/mol. The maximum atomic E-state index is 11.4. The Bertz CT molecular complexity index is 255. The van der Waals surface area contributed by atoms with Gasteiger partial charge in [0.1, 0.15) is 0 Å². The summed E-state index contributed by atoms with van der Waals surface area (Å²) in [5.41, 5.74) is 5.42. The van der Waals surface area contributed by atoms with Crippen LogP contribution in [0, 0.1) is 0 Å². The van der Waals surface area contributed by atoms with Crippen LogP contribution in [0.2, 0.25) is 0 Å². The number of carbonyl (C=O) groups excluding carboxylic acids is 1. The summed E-state index contributed by atoms with van der Waals surface area (Å²) < 4.78 is 0. The van der Waals surface area contributed by atoms with Gasteiger partial charge in [0.05, 0.1) is 6.04 Å². The lowest BCUT2D eigenvalue weighted by Crippen LogP contribution is -2.51. The minimum Gasteiger partial charge on any atom is -0.368 e. The summed E-state index contributed by atoms with van der Waals surface area (Å²) in [7, 11) is 4.21. The van der Waals surface area contributed by atoms with Crippen LogP contribution in [0.3, 0.4) is 0 Å². The van der Waals surface area contributed by atoms with Crippen molar-refractivity contribution in [3.05, 3.63) is 0 Å². The van der Waals surface area contributed by atoms with E-state index in [-0.39, 0.29) is 18.0 Å². The number of primary amides is 1. The summed E-state index contributed by atoms with van der Waals surface area (Å²) in [5, 5.41) is 3.22. The molecule has 3 N–H and O–H groups in total. The molecule has 1 amide bonds. The highest BCUT2D eigenvalue weighted by atomic mass is 16.1. The summed E-state index contributed by atoms with van der Waals surface area (Å²) in [6, 6.07) is 0.637. The molecular formula is C12H26N4O. The zero-order chi connectivity index (χ0) is 13.0. The number of nitrogens with one attached hydrogen (secondary N) is 1. The minimum atomic E-state index is -0.257. The first-order valence-corrected chi connectivity index (χ1v) is 6.34. The Labute approximate surface area is 104 Å². The van der Waals surface area contributed by atoms with Crippen molar-refractivity contribution in [1.82, 2.24) is 15.1 Å². The molecule has 0 radical (unpaired) electrons. The van der Waals surface area contributed by atoms with Gasteiger partial charge in [0, 0.05) is 25.2 Å². The van der Waals surface area contributed by atoms with Gasteiger partial charge in [-0.05, 0) is 27.1 Å². The third-order valence-electron chi connectivity index (χ3n) is 3.30. The van der Waals surface area contributed by atoms with Crippen molar-refractivity contribution in [2.75, 3.05) is 33.7 Å². The van der Waals surface area contributed by atoms with Gasteiger partial charge in [-0.1, -0.05) is 13.8 Å². The summed E-state index contributed by atoms with van der Waals surface area (Å²) >= 11 is 0. The Morgan fingerprint density at radius 3 is 2.59 bits per heavy atom. The van der Waals surface area contributed by atoms with E-state index in [9.17, 15) is 4.79 Å². The number of hydrogen-bond acceptors (Lipinski definition) is 4. The van der Waals surface area contributed by atoms with Crippen molar-refractivity contribution in [1.29, 1.82) is 0 Å². The molecule has 0 bridgehead atoms. The predicted octanol–water partition coefficient (Wildman–Crippen LogP) is -0.526. The van der Waals surface area contributed by atoms with Gasteiger partial charge < -0.3 is 16.0 Å². The first kappa shape index (κ1) is 14.4.